The number of hydrogen-bond acceptors (Lipinski definition) is 6. The van der Waals surface area contributed by atoms with E-state index in [0.717, 1.165) is 35.2 Å². The molecule has 0 spiro atoms. The number of fused-ring (bicyclic) bond motifs is 3. The summed E-state index contributed by atoms with van der Waals surface area (Å²) in [4.78, 5) is 20.7. The molecule has 1 fully saturated rings. The second kappa shape index (κ2) is 10.1. The molecule has 0 radical (unpaired) electrons. The van der Waals surface area contributed by atoms with Crippen LogP contribution in [0.1, 0.15) is 48.8 Å². The van der Waals surface area contributed by atoms with Crippen LogP contribution >= 0.6 is 34.0 Å². The summed E-state index contributed by atoms with van der Waals surface area (Å²) in [5.41, 5.74) is 3.34. The summed E-state index contributed by atoms with van der Waals surface area (Å²) < 4.78 is 12.8. The van der Waals surface area contributed by atoms with E-state index in [0.29, 0.717) is 24.5 Å². The summed E-state index contributed by atoms with van der Waals surface area (Å²) >= 11 is 0. The smallest absolute Gasteiger partial charge is 0.347 e. The van der Waals surface area contributed by atoms with Crippen molar-refractivity contribution in [2.75, 3.05) is 13.7 Å². The number of benzene rings is 1. The molecule has 4 rings (SSSR count). The monoisotopic (exact) mass is 543 g/mol. The number of aryl methyl sites for hydroxylation is 1. The maximum Gasteiger partial charge on any atom is 0.347 e. The third-order valence-electron chi connectivity index (χ3n) is 5.59. The Morgan fingerprint density at radius 3 is 2.67 bits per heavy atom. The number of aromatic nitrogens is 2. The average molecular weight is 545 g/mol. The Bertz CT molecular complexity index is 993. The van der Waals surface area contributed by atoms with Crippen molar-refractivity contribution in [2.24, 2.45) is 12.0 Å². The molecule has 2 heterocycles. The van der Waals surface area contributed by atoms with Gasteiger partial charge in [-0.15, -0.1) is 34.0 Å². The Morgan fingerprint density at radius 1 is 1.23 bits per heavy atom. The molecule has 30 heavy (non-hydrogen) atoms. The standard InChI is InChI=1S/C21H25N3O4.2BrH/c1-4-28-19-8-14-15-7-13(25)5-6-17(15)23-20(16(14)9-18(19)27-3)12-10-22-21(26)24(2)11-12;;/h8-11,13,15,17,25H,4-7H2,1-3H3;2*1H/t13-,15-,17-;;/m1../s1. The SMILES string of the molecule is Br.Br.CCOc1cc2c(cc1OC)C(c1cnc(=O)n(C)c1)=N[C@@H]1CC[C@@H](O)C[C@H]21. The van der Waals surface area contributed by atoms with Gasteiger partial charge in [0.2, 0.25) is 0 Å². The van der Waals surface area contributed by atoms with E-state index in [1.54, 1.807) is 26.6 Å². The van der Waals surface area contributed by atoms with Gasteiger partial charge in [-0.3, -0.25) is 4.99 Å². The first-order valence-corrected chi connectivity index (χ1v) is 9.65. The minimum atomic E-state index is -0.317. The van der Waals surface area contributed by atoms with Crippen LogP contribution in [0.15, 0.2) is 34.3 Å². The van der Waals surface area contributed by atoms with Gasteiger partial charge < -0.3 is 19.1 Å². The first kappa shape index (κ1) is 24.6. The van der Waals surface area contributed by atoms with Gasteiger partial charge in [-0.25, -0.2) is 9.78 Å². The van der Waals surface area contributed by atoms with Crippen molar-refractivity contribution in [2.45, 2.75) is 44.2 Å². The zero-order valence-electron chi connectivity index (χ0n) is 17.2. The summed E-state index contributed by atoms with van der Waals surface area (Å²) in [6.07, 6.45) is 5.27. The topological polar surface area (TPSA) is 85.9 Å². The highest BCUT2D eigenvalue weighted by atomic mass is 79.9. The van der Waals surface area contributed by atoms with Gasteiger partial charge in [0.05, 0.1) is 31.6 Å². The molecule has 1 N–H and O–H groups in total. The fraction of sp³-hybridized carbons (Fsp3) is 0.476. The third kappa shape index (κ3) is 4.48. The highest BCUT2D eigenvalue weighted by Crippen LogP contribution is 2.44. The minimum absolute atomic E-state index is 0. The molecule has 0 bridgehead atoms. The lowest BCUT2D eigenvalue weighted by Gasteiger charge is -2.37. The Morgan fingerprint density at radius 2 is 2.00 bits per heavy atom. The average Bonchev–Trinajstić information content (AvgIpc) is 2.69. The van der Waals surface area contributed by atoms with E-state index in [2.05, 4.69) is 4.98 Å². The van der Waals surface area contributed by atoms with E-state index in [-0.39, 0.29) is 57.7 Å². The molecule has 9 heteroatoms. The fourth-order valence-electron chi connectivity index (χ4n) is 4.24. The van der Waals surface area contributed by atoms with Gasteiger partial charge in [0, 0.05) is 36.5 Å². The van der Waals surface area contributed by atoms with Crippen molar-refractivity contribution in [3.63, 3.8) is 0 Å². The molecule has 1 aromatic heterocycles. The molecule has 164 valence electrons. The van der Waals surface area contributed by atoms with Gasteiger partial charge in [0.1, 0.15) is 0 Å². The van der Waals surface area contributed by atoms with Crippen molar-refractivity contribution in [1.29, 1.82) is 0 Å². The van der Waals surface area contributed by atoms with Crippen LogP contribution in [0.25, 0.3) is 0 Å². The van der Waals surface area contributed by atoms with Crippen LogP contribution in [0.2, 0.25) is 0 Å². The van der Waals surface area contributed by atoms with Gasteiger partial charge in [-0.1, -0.05) is 0 Å². The predicted molar refractivity (Wildman–Crippen MR) is 126 cm³/mol. The van der Waals surface area contributed by atoms with E-state index >= 15 is 0 Å². The van der Waals surface area contributed by atoms with E-state index < -0.39 is 0 Å². The van der Waals surface area contributed by atoms with Gasteiger partial charge in [-0.05, 0) is 43.9 Å². The molecule has 1 aliphatic heterocycles. The number of rotatable bonds is 4. The number of halogens is 2. The molecule has 1 aromatic carbocycles. The summed E-state index contributed by atoms with van der Waals surface area (Å²) in [6, 6.07) is 4.06. The Kier molecular flexibility index (Phi) is 8.24. The molecule has 1 saturated carbocycles. The number of aliphatic imine (C=N–C) groups is 1. The molecule has 1 aliphatic carbocycles. The quantitative estimate of drug-likeness (QED) is 0.639. The van der Waals surface area contributed by atoms with Crippen LogP contribution in [-0.4, -0.2) is 46.2 Å². The molecular weight excluding hydrogens is 518 g/mol. The first-order valence-electron chi connectivity index (χ1n) is 9.65. The molecule has 0 amide bonds. The Labute approximate surface area is 196 Å². The van der Waals surface area contributed by atoms with Crippen LogP contribution < -0.4 is 15.2 Å². The lowest BCUT2D eigenvalue weighted by molar-refractivity contribution is 0.111. The summed E-state index contributed by atoms with van der Waals surface area (Å²) in [5.74, 6) is 1.47. The van der Waals surface area contributed by atoms with Crippen molar-refractivity contribution >= 4 is 39.7 Å². The van der Waals surface area contributed by atoms with E-state index in [9.17, 15) is 9.90 Å². The second-order valence-electron chi connectivity index (χ2n) is 7.38. The molecular formula is C21H27Br2N3O4. The van der Waals surface area contributed by atoms with Crippen molar-refractivity contribution in [3.05, 3.63) is 51.7 Å². The van der Waals surface area contributed by atoms with E-state index in [1.807, 2.05) is 19.1 Å². The van der Waals surface area contributed by atoms with Crippen molar-refractivity contribution < 1.29 is 14.6 Å². The molecule has 2 aliphatic rings. The molecule has 3 atom stereocenters. The predicted octanol–water partition coefficient (Wildman–Crippen LogP) is 3.19. The normalized spacial score (nSPS) is 21.9. The lowest BCUT2D eigenvalue weighted by atomic mass is 9.74. The van der Waals surface area contributed by atoms with Crippen LogP contribution in [-0.2, 0) is 7.05 Å². The number of methoxy groups -OCH3 is 1. The van der Waals surface area contributed by atoms with Crippen LogP contribution in [0.5, 0.6) is 11.5 Å². The second-order valence-corrected chi connectivity index (χ2v) is 7.38. The summed E-state index contributed by atoms with van der Waals surface area (Å²) in [5, 5.41) is 10.2. The Hall–Kier alpha value is -1.71. The van der Waals surface area contributed by atoms with Crippen LogP contribution in [0, 0.1) is 0 Å². The van der Waals surface area contributed by atoms with Gasteiger partial charge in [0.15, 0.2) is 11.5 Å². The van der Waals surface area contributed by atoms with Gasteiger partial charge in [-0.2, -0.15) is 0 Å². The maximum absolute atomic E-state index is 11.7. The molecule has 7 nitrogen and oxygen atoms in total. The minimum Gasteiger partial charge on any atom is -0.493 e. The lowest BCUT2D eigenvalue weighted by Crippen LogP contribution is -2.34. The zero-order chi connectivity index (χ0) is 19.8. The van der Waals surface area contributed by atoms with E-state index in [1.165, 1.54) is 4.57 Å². The number of nitrogens with zero attached hydrogens (tertiary/aromatic N) is 3. The highest BCUT2D eigenvalue weighted by Gasteiger charge is 2.37. The van der Waals surface area contributed by atoms with Crippen LogP contribution in [0.3, 0.4) is 0 Å². The van der Waals surface area contributed by atoms with Crippen molar-refractivity contribution in [3.8, 4) is 11.5 Å². The van der Waals surface area contributed by atoms with Crippen molar-refractivity contribution in [1.82, 2.24) is 9.55 Å². The van der Waals surface area contributed by atoms with E-state index in [4.69, 9.17) is 14.5 Å². The molecule has 0 unspecified atom stereocenters. The number of ether oxygens (including phenoxy) is 2. The number of aliphatic hydroxyl groups is 1. The molecule has 2 aromatic rings. The third-order valence-corrected chi connectivity index (χ3v) is 5.59. The van der Waals surface area contributed by atoms with Gasteiger partial charge >= 0.3 is 5.69 Å². The maximum atomic E-state index is 11.7. The highest BCUT2D eigenvalue weighted by molar-refractivity contribution is 8.93. The molecule has 0 saturated heterocycles. The zero-order valence-corrected chi connectivity index (χ0v) is 20.6. The number of aliphatic hydroxyl groups excluding tert-OH is 1. The van der Waals surface area contributed by atoms with Gasteiger partial charge in [0.25, 0.3) is 0 Å². The Balaban J connectivity index is 0.00000160. The van der Waals surface area contributed by atoms with Crippen LogP contribution in [0.4, 0.5) is 0 Å². The fourth-order valence-corrected chi connectivity index (χ4v) is 4.24. The summed E-state index contributed by atoms with van der Waals surface area (Å²) in [7, 11) is 3.30. The largest absolute Gasteiger partial charge is 0.493 e. The summed E-state index contributed by atoms with van der Waals surface area (Å²) in [6.45, 7) is 2.48. The first-order chi connectivity index (χ1) is 13.5. The number of hydrogen-bond donors (Lipinski definition) is 1.